The van der Waals surface area contributed by atoms with E-state index < -0.39 is 0 Å². The number of nitrogens with one attached hydrogen (secondary N) is 1. The van der Waals surface area contributed by atoms with Gasteiger partial charge in [0.1, 0.15) is 18.2 Å². The lowest BCUT2D eigenvalue weighted by Crippen LogP contribution is -2.16. The van der Waals surface area contributed by atoms with Crippen LogP contribution >= 0.6 is 0 Å². The minimum Gasteiger partial charge on any atom is -0.489 e. The van der Waals surface area contributed by atoms with Crippen molar-refractivity contribution >= 4 is 5.70 Å². The molecule has 1 heterocycles. The largest absolute Gasteiger partial charge is 0.489 e. The monoisotopic (exact) mass is 195 g/mol. The fourth-order valence-corrected chi connectivity index (χ4v) is 1.37. The van der Waals surface area contributed by atoms with E-state index in [1.54, 1.807) is 12.1 Å². The Morgan fingerprint density at radius 2 is 2.36 bits per heavy atom. The van der Waals surface area contributed by atoms with Gasteiger partial charge in [0.05, 0.1) is 12.8 Å². The average Bonchev–Trinajstić information content (AvgIpc) is 2.19. The molecule has 0 bridgehead atoms. The molecule has 1 aromatic carbocycles. The van der Waals surface area contributed by atoms with Crippen LogP contribution in [0.1, 0.15) is 5.56 Å². The molecule has 0 saturated heterocycles. The van der Waals surface area contributed by atoms with Gasteiger partial charge < -0.3 is 4.74 Å². The van der Waals surface area contributed by atoms with Crippen molar-refractivity contribution in [3.63, 3.8) is 0 Å². The topological polar surface area (TPSA) is 30.5 Å². The van der Waals surface area contributed by atoms with E-state index in [9.17, 15) is 4.39 Å². The van der Waals surface area contributed by atoms with Gasteiger partial charge in [-0.1, -0.05) is 0 Å². The van der Waals surface area contributed by atoms with Crippen LogP contribution in [0.4, 0.5) is 4.39 Å². The molecule has 0 radical (unpaired) electrons. The van der Waals surface area contributed by atoms with Crippen molar-refractivity contribution in [1.29, 1.82) is 0 Å². The van der Waals surface area contributed by atoms with Crippen molar-refractivity contribution in [3.05, 3.63) is 35.7 Å². The molecule has 4 heteroatoms. The van der Waals surface area contributed by atoms with Crippen LogP contribution in [-0.2, 0) is 4.84 Å². The molecule has 1 N–H and O–H groups in total. The predicted octanol–water partition coefficient (Wildman–Crippen LogP) is 1.71. The van der Waals surface area contributed by atoms with Crippen LogP contribution in [0, 0.1) is 5.82 Å². The maximum Gasteiger partial charge on any atom is 0.129 e. The number of rotatable bonds is 2. The van der Waals surface area contributed by atoms with Crippen molar-refractivity contribution in [2.75, 3.05) is 13.7 Å². The van der Waals surface area contributed by atoms with Gasteiger partial charge in [-0.05, 0) is 24.3 Å². The van der Waals surface area contributed by atoms with Gasteiger partial charge in [0, 0.05) is 5.56 Å². The summed E-state index contributed by atoms with van der Waals surface area (Å²) < 4.78 is 18.3. The molecule has 1 aromatic rings. The van der Waals surface area contributed by atoms with Crippen LogP contribution in [0.5, 0.6) is 5.75 Å². The summed E-state index contributed by atoms with van der Waals surface area (Å²) in [6.07, 6.45) is 1.80. The van der Waals surface area contributed by atoms with Gasteiger partial charge in [-0.25, -0.2) is 4.39 Å². The molecule has 1 aliphatic heterocycles. The lowest BCUT2D eigenvalue weighted by atomic mass is 10.1. The normalized spacial score (nSPS) is 14.0. The standard InChI is InChI=1S/C10H10FNO2/c1-13-12-9-4-5-14-10-3-2-7(11)6-8(9)10/h2-4,6,12H,5H2,1H3. The van der Waals surface area contributed by atoms with E-state index in [0.29, 0.717) is 17.9 Å². The quantitative estimate of drug-likeness (QED) is 0.729. The van der Waals surface area contributed by atoms with E-state index in [2.05, 4.69) is 5.48 Å². The van der Waals surface area contributed by atoms with E-state index in [0.717, 1.165) is 5.70 Å². The molecule has 1 aliphatic rings. The summed E-state index contributed by atoms with van der Waals surface area (Å²) in [6, 6.07) is 4.38. The summed E-state index contributed by atoms with van der Waals surface area (Å²) in [5.41, 5.74) is 4.09. The lowest BCUT2D eigenvalue weighted by Gasteiger charge is -2.18. The van der Waals surface area contributed by atoms with Gasteiger partial charge >= 0.3 is 0 Å². The van der Waals surface area contributed by atoms with Crippen molar-refractivity contribution in [2.45, 2.75) is 0 Å². The maximum absolute atomic E-state index is 13.0. The Labute approximate surface area is 81.1 Å². The zero-order valence-corrected chi connectivity index (χ0v) is 7.71. The Morgan fingerprint density at radius 1 is 1.50 bits per heavy atom. The predicted molar refractivity (Wildman–Crippen MR) is 50.0 cm³/mol. The van der Waals surface area contributed by atoms with Crippen LogP contribution < -0.4 is 10.2 Å². The van der Waals surface area contributed by atoms with Crippen LogP contribution in [-0.4, -0.2) is 13.7 Å². The summed E-state index contributed by atoms with van der Waals surface area (Å²) in [5.74, 6) is 0.367. The Bertz CT molecular complexity index is 376. The van der Waals surface area contributed by atoms with E-state index in [1.165, 1.54) is 19.2 Å². The third kappa shape index (κ3) is 1.56. The maximum atomic E-state index is 13.0. The molecule has 0 fully saturated rings. The third-order valence-electron chi connectivity index (χ3n) is 1.97. The molecule has 14 heavy (non-hydrogen) atoms. The number of hydrogen-bond donors (Lipinski definition) is 1. The summed E-state index contributed by atoms with van der Waals surface area (Å²) >= 11 is 0. The van der Waals surface area contributed by atoms with E-state index >= 15 is 0 Å². The molecular weight excluding hydrogens is 185 g/mol. The van der Waals surface area contributed by atoms with Gasteiger partial charge in [0.2, 0.25) is 0 Å². The van der Waals surface area contributed by atoms with Crippen molar-refractivity contribution in [1.82, 2.24) is 5.48 Å². The van der Waals surface area contributed by atoms with Gasteiger partial charge in [-0.3, -0.25) is 10.3 Å². The van der Waals surface area contributed by atoms with Gasteiger partial charge in [0.15, 0.2) is 0 Å². The smallest absolute Gasteiger partial charge is 0.129 e. The first-order valence-corrected chi connectivity index (χ1v) is 4.23. The van der Waals surface area contributed by atoms with Crippen molar-refractivity contribution in [2.24, 2.45) is 0 Å². The number of benzene rings is 1. The first-order valence-electron chi connectivity index (χ1n) is 4.23. The van der Waals surface area contributed by atoms with Crippen LogP contribution in [0.3, 0.4) is 0 Å². The fraction of sp³-hybridized carbons (Fsp3) is 0.200. The van der Waals surface area contributed by atoms with Gasteiger partial charge in [0.25, 0.3) is 0 Å². The molecule has 0 saturated carbocycles. The van der Waals surface area contributed by atoms with Gasteiger partial charge in [-0.2, -0.15) is 0 Å². The highest BCUT2D eigenvalue weighted by atomic mass is 19.1. The van der Waals surface area contributed by atoms with Crippen LogP contribution in [0.25, 0.3) is 5.70 Å². The molecular formula is C10H10FNO2. The SMILES string of the molecule is CONC1=CCOc2ccc(F)cc21. The highest BCUT2D eigenvalue weighted by Crippen LogP contribution is 2.28. The third-order valence-corrected chi connectivity index (χ3v) is 1.97. The molecule has 74 valence electrons. The number of hydroxylamine groups is 1. The van der Waals surface area contributed by atoms with E-state index in [-0.39, 0.29) is 5.82 Å². The van der Waals surface area contributed by atoms with Gasteiger partial charge in [-0.15, -0.1) is 0 Å². The summed E-state index contributed by atoms with van der Waals surface area (Å²) in [6.45, 7) is 0.463. The van der Waals surface area contributed by atoms with Crippen molar-refractivity contribution in [3.8, 4) is 5.75 Å². The highest BCUT2D eigenvalue weighted by Gasteiger charge is 2.14. The van der Waals surface area contributed by atoms with Crippen LogP contribution in [0.2, 0.25) is 0 Å². The molecule has 2 rings (SSSR count). The number of halogens is 1. The highest BCUT2D eigenvalue weighted by molar-refractivity contribution is 5.70. The first kappa shape index (κ1) is 9.02. The summed E-state index contributed by atoms with van der Waals surface area (Å²) in [7, 11) is 1.51. The second-order valence-corrected chi connectivity index (χ2v) is 2.88. The molecule has 3 nitrogen and oxygen atoms in total. The minimum atomic E-state index is -0.293. The number of fused-ring (bicyclic) bond motifs is 1. The summed E-state index contributed by atoms with van der Waals surface area (Å²) in [5, 5.41) is 0. The molecule has 0 aliphatic carbocycles. The van der Waals surface area contributed by atoms with Crippen molar-refractivity contribution < 1.29 is 14.0 Å². The van der Waals surface area contributed by atoms with E-state index in [4.69, 9.17) is 9.57 Å². The second kappa shape index (κ2) is 3.67. The molecule has 0 amide bonds. The zero-order chi connectivity index (χ0) is 9.97. The number of ether oxygens (including phenoxy) is 1. The number of hydrogen-bond acceptors (Lipinski definition) is 3. The fourth-order valence-electron chi connectivity index (χ4n) is 1.37. The Kier molecular flexibility index (Phi) is 2.37. The Hall–Kier alpha value is -1.55. The van der Waals surface area contributed by atoms with E-state index in [1.807, 2.05) is 0 Å². The molecule has 0 spiro atoms. The Balaban J connectivity index is 2.40. The first-order chi connectivity index (χ1) is 6.81. The molecule has 0 atom stereocenters. The molecule has 0 unspecified atom stereocenters. The zero-order valence-electron chi connectivity index (χ0n) is 7.71. The lowest BCUT2D eigenvalue weighted by molar-refractivity contribution is 0.135. The summed E-state index contributed by atoms with van der Waals surface area (Å²) in [4.78, 5) is 4.78. The second-order valence-electron chi connectivity index (χ2n) is 2.88. The average molecular weight is 195 g/mol. The van der Waals surface area contributed by atoms with Crippen LogP contribution in [0.15, 0.2) is 24.3 Å². The molecule has 0 aromatic heterocycles. The Morgan fingerprint density at radius 3 is 3.14 bits per heavy atom. The minimum absolute atomic E-state index is 0.293.